The molecule has 0 saturated heterocycles. The number of hydrogen-bond acceptors (Lipinski definition) is 3. The van der Waals surface area contributed by atoms with Gasteiger partial charge >= 0.3 is 5.97 Å². The van der Waals surface area contributed by atoms with Crippen molar-refractivity contribution >= 4 is 11.6 Å². The predicted molar refractivity (Wildman–Crippen MR) is 83.3 cm³/mol. The van der Waals surface area contributed by atoms with Crippen molar-refractivity contribution in [1.29, 1.82) is 0 Å². The van der Waals surface area contributed by atoms with Crippen molar-refractivity contribution in [2.75, 3.05) is 7.11 Å². The van der Waals surface area contributed by atoms with Gasteiger partial charge in [0.15, 0.2) is 0 Å². The summed E-state index contributed by atoms with van der Waals surface area (Å²) in [5.74, 6) is -0.125. The van der Waals surface area contributed by atoms with Crippen LogP contribution in [0, 0.1) is 6.92 Å². The molecule has 112 valence electrons. The van der Waals surface area contributed by atoms with Crippen molar-refractivity contribution in [3.05, 3.63) is 53.9 Å². The molecule has 5 nitrogen and oxygen atoms in total. The molecule has 0 saturated carbocycles. The fraction of sp³-hybridized carbons (Fsp3) is 0.176. The lowest BCUT2D eigenvalue weighted by Gasteiger charge is -2.04. The van der Waals surface area contributed by atoms with Gasteiger partial charge in [0.25, 0.3) is 0 Å². The summed E-state index contributed by atoms with van der Waals surface area (Å²) in [7, 11) is 1.61. The first-order valence-electron chi connectivity index (χ1n) is 6.92. The van der Waals surface area contributed by atoms with Crippen LogP contribution < -0.4 is 4.74 Å². The summed E-state index contributed by atoms with van der Waals surface area (Å²) in [6.07, 6.45) is 1.79. The quantitative estimate of drug-likeness (QED) is 0.804. The van der Waals surface area contributed by atoms with E-state index < -0.39 is 5.97 Å². The second-order valence-electron chi connectivity index (χ2n) is 5.14. The van der Waals surface area contributed by atoms with Gasteiger partial charge in [0.1, 0.15) is 11.4 Å². The number of hydrogen-bond donors (Lipinski definition) is 1. The number of carboxylic acid groups (broad SMARTS) is 1. The first-order chi connectivity index (χ1) is 10.6. The van der Waals surface area contributed by atoms with Gasteiger partial charge in [-0.25, -0.2) is 4.98 Å². The molecular weight excluding hydrogens is 280 g/mol. The van der Waals surface area contributed by atoms with Gasteiger partial charge in [-0.1, -0.05) is 0 Å². The Balaban J connectivity index is 2.19. The van der Waals surface area contributed by atoms with E-state index in [-0.39, 0.29) is 6.42 Å². The Hall–Kier alpha value is -2.82. The van der Waals surface area contributed by atoms with Crippen molar-refractivity contribution in [3.63, 3.8) is 0 Å². The number of imidazole rings is 1. The highest BCUT2D eigenvalue weighted by molar-refractivity contribution is 5.76. The highest BCUT2D eigenvalue weighted by atomic mass is 16.5. The van der Waals surface area contributed by atoms with Gasteiger partial charge in [0, 0.05) is 11.8 Å². The van der Waals surface area contributed by atoms with E-state index in [1.165, 1.54) is 0 Å². The number of aryl methyl sites for hydroxylation is 1. The van der Waals surface area contributed by atoms with Crippen LogP contribution in [0.1, 0.15) is 11.3 Å². The summed E-state index contributed by atoms with van der Waals surface area (Å²) in [4.78, 5) is 15.8. The van der Waals surface area contributed by atoms with Crippen LogP contribution in [0.5, 0.6) is 5.75 Å². The molecule has 1 N–H and O–H groups in total. The molecule has 22 heavy (non-hydrogen) atoms. The maximum absolute atomic E-state index is 11.2. The summed E-state index contributed by atoms with van der Waals surface area (Å²) in [5.41, 5.74) is 4.07. The number of methoxy groups -OCH3 is 1. The fourth-order valence-electron chi connectivity index (χ4n) is 2.49. The Kier molecular flexibility index (Phi) is 3.55. The summed E-state index contributed by atoms with van der Waals surface area (Å²) >= 11 is 0. The van der Waals surface area contributed by atoms with Crippen LogP contribution in [-0.4, -0.2) is 27.6 Å². The van der Waals surface area contributed by atoms with Crippen LogP contribution in [0.15, 0.2) is 42.6 Å². The lowest BCUT2D eigenvalue weighted by molar-refractivity contribution is -0.136. The van der Waals surface area contributed by atoms with E-state index in [0.29, 0.717) is 11.4 Å². The minimum absolute atomic E-state index is 0.0778. The van der Waals surface area contributed by atoms with Crippen molar-refractivity contribution in [3.8, 4) is 17.0 Å². The topological polar surface area (TPSA) is 63.8 Å². The highest BCUT2D eigenvalue weighted by Gasteiger charge is 2.16. The Morgan fingerprint density at radius 2 is 2.00 bits per heavy atom. The zero-order valence-corrected chi connectivity index (χ0v) is 12.4. The molecule has 3 aromatic rings. The minimum Gasteiger partial charge on any atom is -0.497 e. The summed E-state index contributed by atoms with van der Waals surface area (Å²) in [5, 5.41) is 9.19. The maximum Gasteiger partial charge on any atom is 0.309 e. The number of carbonyl (C=O) groups is 1. The number of carboxylic acids is 1. The van der Waals surface area contributed by atoms with Crippen molar-refractivity contribution in [2.24, 2.45) is 0 Å². The lowest BCUT2D eigenvalue weighted by Crippen LogP contribution is -2.04. The predicted octanol–water partition coefficient (Wildman–Crippen LogP) is 2.95. The average molecular weight is 296 g/mol. The Labute approximate surface area is 127 Å². The second-order valence-corrected chi connectivity index (χ2v) is 5.14. The highest BCUT2D eigenvalue weighted by Crippen LogP contribution is 2.27. The molecule has 0 atom stereocenters. The number of fused-ring (bicyclic) bond motifs is 1. The minimum atomic E-state index is -0.878. The largest absolute Gasteiger partial charge is 0.497 e. The molecule has 2 heterocycles. The molecule has 3 rings (SSSR count). The first kappa shape index (κ1) is 14.1. The van der Waals surface area contributed by atoms with Crippen molar-refractivity contribution in [2.45, 2.75) is 13.3 Å². The van der Waals surface area contributed by atoms with E-state index in [4.69, 9.17) is 4.74 Å². The molecule has 0 aliphatic carbocycles. The average Bonchev–Trinajstić information content (AvgIpc) is 2.84. The fourth-order valence-corrected chi connectivity index (χ4v) is 2.49. The first-order valence-corrected chi connectivity index (χ1v) is 6.92. The van der Waals surface area contributed by atoms with Crippen molar-refractivity contribution < 1.29 is 14.6 Å². The van der Waals surface area contributed by atoms with Gasteiger partial charge < -0.3 is 14.2 Å². The summed E-state index contributed by atoms with van der Waals surface area (Å²) in [6, 6.07) is 11.3. The third-order valence-corrected chi connectivity index (χ3v) is 3.56. The molecule has 0 fully saturated rings. The third kappa shape index (κ3) is 2.53. The molecule has 0 bridgehead atoms. The smallest absolute Gasteiger partial charge is 0.309 e. The number of nitrogens with zero attached hydrogens (tertiary/aromatic N) is 2. The zero-order valence-electron chi connectivity index (χ0n) is 12.4. The second kappa shape index (κ2) is 5.52. The van der Waals surface area contributed by atoms with Crippen LogP contribution in [0.3, 0.4) is 0 Å². The van der Waals surface area contributed by atoms with Gasteiger partial charge in [-0.15, -0.1) is 0 Å². The van der Waals surface area contributed by atoms with Crippen LogP contribution in [0.25, 0.3) is 16.9 Å². The lowest BCUT2D eigenvalue weighted by atomic mass is 10.1. The summed E-state index contributed by atoms with van der Waals surface area (Å²) < 4.78 is 6.99. The molecule has 2 aromatic heterocycles. The molecule has 0 aliphatic rings. The van der Waals surface area contributed by atoms with Gasteiger partial charge in [-0.3, -0.25) is 4.79 Å². The molecule has 0 unspecified atom stereocenters. The van der Waals surface area contributed by atoms with Crippen LogP contribution in [0.2, 0.25) is 0 Å². The number of rotatable bonds is 4. The Morgan fingerprint density at radius 1 is 1.27 bits per heavy atom. The normalized spacial score (nSPS) is 10.8. The SMILES string of the molecule is COc1ccc(-c2nc3cc(C)ccn3c2CC(=O)O)cc1. The number of aromatic nitrogens is 2. The summed E-state index contributed by atoms with van der Waals surface area (Å²) in [6.45, 7) is 1.98. The number of aliphatic carboxylic acids is 1. The molecule has 0 aliphatic heterocycles. The van der Waals surface area contributed by atoms with E-state index in [1.54, 1.807) is 7.11 Å². The van der Waals surface area contributed by atoms with E-state index in [9.17, 15) is 9.90 Å². The van der Waals surface area contributed by atoms with Gasteiger partial charge in [-0.05, 0) is 48.9 Å². The third-order valence-electron chi connectivity index (χ3n) is 3.56. The zero-order chi connectivity index (χ0) is 15.7. The Morgan fingerprint density at radius 3 is 2.64 bits per heavy atom. The van der Waals surface area contributed by atoms with Gasteiger partial charge in [0.2, 0.25) is 0 Å². The van der Waals surface area contributed by atoms with Crippen LogP contribution in [-0.2, 0) is 11.2 Å². The molecular formula is C17H16N2O3. The van der Waals surface area contributed by atoms with E-state index in [1.807, 2.05) is 53.9 Å². The number of benzene rings is 1. The number of ether oxygens (including phenoxy) is 1. The maximum atomic E-state index is 11.2. The Bertz CT molecular complexity index is 835. The van der Waals surface area contributed by atoms with Crippen LogP contribution in [0.4, 0.5) is 0 Å². The van der Waals surface area contributed by atoms with Gasteiger partial charge in [0.05, 0.1) is 24.9 Å². The monoisotopic (exact) mass is 296 g/mol. The number of pyridine rings is 1. The van der Waals surface area contributed by atoms with E-state index in [0.717, 1.165) is 22.5 Å². The molecule has 0 radical (unpaired) electrons. The molecule has 5 heteroatoms. The molecule has 1 aromatic carbocycles. The molecule has 0 spiro atoms. The van der Waals surface area contributed by atoms with Crippen molar-refractivity contribution in [1.82, 2.24) is 9.38 Å². The van der Waals surface area contributed by atoms with E-state index in [2.05, 4.69) is 4.98 Å². The van der Waals surface area contributed by atoms with E-state index >= 15 is 0 Å². The van der Waals surface area contributed by atoms with Gasteiger partial charge in [-0.2, -0.15) is 0 Å². The van der Waals surface area contributed by atoms with Crippen LogP contribution >= 0.6 is 0 Å². The standard InChI is InChI=1S/C17H16N2O3/c1-11-7-8-19-14(10-16(20)21)17(18-15(19)9-11)12-3-5-13(22-2)6-4-12/h3-9H,10H2,1-2H3,(H,20,21). The molecule has 0 amide bonds.